The van der Waals surface area contributed by atoms with Gasteiger partial charge in [0.2, 0.25) is 0 Å². The summed E-state index contributed by atoms with van der Waals surface area (Å²) in [4.78, 5) is 17.1. The minimum absolute atomic E-state index is 0.941. The summed E-state index contributed by atoms with van der Waals surface area (Å²) in [6.07, 6.45) is 7.86. The Morgan fingerprint density at radius 1 is 1.42 bits per heavy atom. The fraction of sp³-hybridized carbons (Fsp3) is 0.500. The highest BCUT2D eigenvalue weighted by molar-refractivity contribution is 7.55. The summed E-state index contributed by atoms with van der Waals surface area (Å²) in [7, 11) is -3.95. The summed E-state index contributed by atoms with van der Waals surface area (Å²) >= 11 is 0. The molecule has 68 valence electrons. The molecule has 0 saturated carbocycles. The van der Waals surface area contributed by atoms with Crippen molar-refractivity contribution in [3.63, 3.8) is 0 Å². The molecule has 0 amide bonds. The van der Waals surface area contributed by atoms with Crippen molar-refractivity contribution < 1.29 is 14.4 Å². The van der Waals surface area contributed by atoms with Crippen LogP contribution in [0.15, 0.2) is 23.5 Å². The molecule has 0 saturated heterocycles. The van der Waals surface area contributed by atoms with Crippen LogP contribution in [0.2, 0.25) is 0 Å². The highest BCUT2D eigenvalue weighted by Gasteiger charge is 2.06. The van der Waals surface area contributed by atoms with Gasteiger partial charge in [-0.25, -0.2) is 0 Å². The smallest absolute Gasteiger partial charge is 0.321 e. The maximum atomic E-state index is 10.5. The van der Waals surface area contributed by atoms with Gasteiger partial charge in [0.15, 0.2) is 0 Å². The molecule has 0 fully saturated rings. The van der Waals surface area contributed by atoms with E-state index in [9.17, 15) is 4.57 Å². The van der Waals surface area contributed by atoms with Crippen LogP contribution >= 0.6 is 7.60 Å². The van der Waals surface area contributed by atoms with Crippen molar-refractivity contribution in [2.75, 3.05) is 0 Å². The first-order chi connectivity index (χ1) is 5.58. The number of rotatable bonds is 2. The van der Waals surface area contributed by atoms with Crippen LogP contribution in [0.5, 0.6) is 0 Å². The van der Waals surface area contributed by atoms with E-state index in [-0.39, 0.29) is 0 Å². The molecule has 0 radical (unpaired) electrons. The first-order valence-corrected chi connectivity index (χ1v) is 5.69. The lowest BCUT2D eigenvalue weighted by Gasteiger charge is -2.07. The van der Waals surface area contributed by atoms with Gasteiger partial charge in [-0.05, 0) is 25.7 Å². The van der Waals surface area contributed by atoms with Gasteiger partial charge in [-0.3, -0.25) is 4.57 Å². The molecule has 1 rings (SSSR count). The zero-order valence-corrected chi connectivity index (χ0v) is 7.70. The second kappa shape index (κ2) is 4.04. The van der Waals surface area contributed by atoms with Crippen LogP contribution in [-0.4, -0.2) is 9.79 Å². The van der Waals surface area contributed by atoms with Gasteiger partial charge in [-0.2, -0.15) is 0 Å². The summed E-state index contributed by atoms with van der Waals surface area (Å²) in [6, 6.07) is 0. The van der Waals surface area contributed by atoms with Gasteiger partial charge in [0.25, 0.3) is 0 Å². The molecule has 3 nitrogen and oxygen atoms in total. The van der Waals surface area contributed by atoms with Crippen molar-refractivity contribution in [1.29, 1.82) is 0 Å². The van der Waals surface area contributed by atoms with E-state index in [1.54, 1.807) is 6.08 Å². The first kappa shape index (κ1) is 9.72. The fourth-order valence-electron chi connectivity index (χ4n) is 1.21. The minimum atomic E-state index is -3.95. The minimum Gasteiger partial charge on any atom is -0.321 e. The van der Waals surface area contributed by atoms with Crippen molar-refractivity contribution in [2.45, 2.75) is 25.7 Å². The largest absolute Gasteiger partial charge is 0.349 e. The molecule has 1 aliphatic carbocycles. The molecule has 0 spiro atoms. The highest BCUT2D eigenvalue weighted by Crippen LogP contribution is 2.37. The molecular formula is C8H13O3P. The van der Waals surface area contributed by atoms with Crippen LogP contribution in [0.4, 0.5) is 0 Å². The Balaban J connectivity index is 2.55. The van der Waals surface area contributed by atoms with E-state index < -0.39 is 7.60 Å². The lowest BCUT2D eigenvalue weighted by atomic mass is 10.0. The summed E-state index contributed by atoms with van der Waals surface area (Å²) in [5.74, 6) is 0.976. The number of hydrogen-bond acceptors (Lipinski definition) is 1. The first-order valence-electron chi connectivity index (χ1n) is 4.01. The van der Waals surface area contributed by atoms with E-state index in [1.807, 2.05) is 6.08 Å². The van der Waals surface area contributed by atoms with Crippen LogP contribution in [0.25, 0.3) is 0 Å². The highest BCUT2D eigenvalue weighted by atomic mass is 31.2. The third kappa shape index (κ3) is 3.86. The van der Waals surface area contributed by atoms with E-state index in [2.05, 4.69) is 0 Å². The topological polar surface area (TPSA) is 57.5 Å². The number of allylic oxidation sites excluding steroid dienone is 3. The Hall–Kier alpha value is -0.370. The Morgan fingerprint density at radius 3 is 2.67 bits per heavy atom. The molecule has 0 atom stereocenters. The fourth-order valence-corrected chi connectivity index (χ4v) is 1.59. The van der Waals surface area contributed by atoms with E-state index in [0.717, 1.165) is 30.7 Å². The second-order valence-corrected chi connectivity index (χ2v) is 4.41. The molecule has 0 aromatic rings. The Kier molecular flexibility index (Phi) is 3.27. The average Bonchev–Trinajstić information content (AvgIpc) is 2.02. The van der Waals surface area contributed by atoms with Crippen molar-refractivity contribution in [1.82, 2.24) is 0 Å². The Bertz CT molecular complexity index is 249. The van der Waals surface area contributed by atoms with Crippen molar-refractivity contribution in [3.05, 3.63) is 23.5 Å². The Labute approximate surface area is 72.0 Å². The normalized spacial score (nSPS) is 19.7. The van der Waals surface area contributed by atoms with E-state index in [0.29, 0.717) is 0 Å². The van der Waals surface area contributed by atoms with Gasteiger partial charge >= 0.3 is 7.60 Å². The maximum Gasteiger partial charge on any atom is 0.349 e. The van der Waals surface area contributed by atoms with Crippen LogP contribution < -0.4 is 0 Å². The predicted octanol–water partition coefficient (Wildman–Crippen LogP) is 2.18. The molecule has 0 aromatic carbocycles. The Morgan fingerprint density at radius 2 is 2.17 bits per heavy atom. The molecule has 12 heavy (non-hydrogen) atoms. The lowest BCUT2D eigenvalue weighted by Crippen LogP contribution is -1.87. The van der Waals surface area contributed by atoms with E-state index in [4.69, 9.17) is 9.79 Å². The van der Waals surface area contributed by atoms with Gasteiger partial charge in [-0.15, -0.1) is 0 Å². The average molecular weight is 188 g/mol. The van der Waals surface area contributed by atoms with E-state index >= 15 is 0 Å². The van der Waals surface area contributed by atoms with Gasteiger partial charge in [0.05, 0.1) is 0 Å². The van der Waals surface area contributed by atoms with Gasteiger partial charge in [0.1, 0.15) is 0 Å². The third-order valence-corrected chi connectivity index (χ3v) is 2.35. The quantitative estimate of drug-likeness (QED) is 0.653. The van der Waals surface area contributed by atoms with E-state index in [1.165, 1.54) is 6.42 Å². The SMILES string of the molecule is O=P(O)(O)C=CC1=CCCCC1. The summed E-state index contributed by atoms with van der Waals surface area (Å²) in [5, 5.41) is 0. The van der Waals surface area contributed by atoms with Crippen LogP contribution in [-0.2, 0) is 4.57 Å². The summed E-state index contributed by atoms with van der Waals surface area (Å²) < 4.78 is 10.5. The van der Waals surface area contributed by atoms with Crippen molar-refractivity contribution in [3.8, 4) is 0 Å². The van der Waals surface area contributed by atoms with Crippen LogP contribution in [0, 0.1) is 0 Å². The predicted molar refractivity (Wildman–Crippen MR) is 47.7 cm³/mol. The second-order valence-electron chi connectivity index (χ2n) is 2.93. The van der Waals surface area contributed by atoms with Gasteiger partial charge < -0.3 is 9.79 Å². The molecule has 4 heteroatoms. The van der Waals surface area contributed by atoms with Gasteiger partial charge in [0, 0.05) is 5.82 Å². The van der Waals surface area contributed by atoms with Gasteiger partial charge in [-0.1, -0.05) is 17.7 Å². The molecule has 2 N–H and O–H groups in total. The maximum absolute atomic E-state index is 10.5. The lowest BCUT2D eigenvalue weighted by molar-refractivity contribution is 0.386. The number of hydrogen-bond donors (Lipinski definition) is 2. The monoisotopic (exact) mass is 188 g/mol. The summed E-state index contributed by atoms with van der Waals surface area (Å²) in [5.41, 5.74) is 1.05. The molecule has 0 aromatic heterocycles. The molecule has 0 heterocycles. The summed E-state index contributed by atoms with van der Waals surface area (Å²) in [6.45, 7) is 0. The van der Waals surface area contributed by atoms with Crippen molar-refractivity contribution in [2.24, 2.45) is 0 Å². The molecular weight excluding hydrogens is 175 g/mol. The molecule has 0 aliphatic heterocycles. The van der Waals surface area contributed by atoms with Crippen LogP contribution in [0.3, 0.4) is 0 Å². The standard InChI is InChI=1S/C8H13O3P/c9-12(10,11)7-6-8-4-2-1-3-5-8/h4,6-7H,1-3,5H2,(H2,9,10,11). The molecule has 0 bridgehead atoms. The third-order valence-electron chi connectivity index (χ3n) is 1.81. The molecule has 1 aliphatic rings. The van der Waals surface area contributed by atoms with Crippen LogP contribution in [0.1, 0.15) is 25.7 Å². The zero-order chi connectivity index (χ0) is 9.03. The molecule has 0 unspecified atom stereocenters. The zero-order valence-electron chi connectivity index (χ0n) is 6.81. The van der Waals surface area contributed by atoms with Crippen molar-refractivity contribution >= 4 is 7.60 Å².